The Kier molecular flexibility index (Phi) is 4.22. The highest BCUT2D eigenvalue weighted by atomic mass is 32.1. The summed E-state index contributed by atoms with van der Waals surface area (Å²) in [5.74, 6) is 0.0464. The number of amides is 1. The third-order valence-electron chi connectivity index (χ3n) is 4.20. The molecule has 0 unspecified atom stereocenters. The van der Waals surface area contributed by atoms with E-state index in [0.717, 1.165) is 18.9 Å². The molecule has 0 spiro atoms. The molecular formula is C17H14F3N5OS. The number of carbonyl (C=O) groups excluding carboxylic acids is 1. The summed E-state index contributed by atoms with van der Waals surface area (Å²) >= 11 is 1.23. The van der Waals surface area contributed by atoms with Crippen LogP contribution in [0.2, 0.25) is 0 Å². The molecule has 1 amide bonds. The summed E-state index contributed by atoms with van der Waals surface area (Å²) in [5, 5.41) is 6.39. The molecule has 0 radical (unpaired) electrons. The summed E-state index contributed by atoms with van der Waals surface area (Å²) < 4.78 is 40.3. The summed E-state index contributed by atoms with van der Waals surface area (Å²) in [7, 11) is 0. The zero-order valence-corrected chi connectivity index (χ0v) is 14.9. The van der Waals surface area contributed by atoms with Gasteiger partial charge in [0.25, 0.3) is 5.91 Å². The summed E-state index contributed by atoms with van der Waals surface area (Å²) in [6, 6.07) is 4.21. The standard InChI is InChI=1S/C17H14F3N5OS/c1-9-15(27-8-22-9)16(26)23-11-4-5-14(21-7-11)25-12(10-2-3-10)6-13(24-25)17(18,19)20/h4-8,10H,2-3H2,1H3,(H,23,26). The Bertz CT molecular complexity index is 989. The van der Waals surface area contributed by atoms with Crippen molar-refractivity contribution in [2.45, 2.75) is 31.9 Å². The van der Waals surface area contributed by atoms with Gasteiger partial charge < -0.3 is 5.32 Å². The fraction of sp³-hybridized carbons (Fsp3) is 0.294. The maximum absolute atomic E-state index is 13.0. The molecule has 3 aromatic rings. The second-order valence-corrected chi connectivity index (χ2v) is 7.12. The van der Waals surface area contributed by atoms with E-state index in [9.17, 15) is 18.0 Å². The third kappa shape index (κ3) is 3.57. The van der Waals surface area contributed by atoms with Gasteiger partial charge in [0.15, 0.2) is 11.5 Å². The average Bonchev–Trinajstić information content (AvgIpc) is 3.20. The molecule has 6 nitrogen and oxygen atoms in total. The first kappa shape index (κ1) is 17.7. The lowest BCUT2D eigenvalue weighted by Gasteiger charge is -2.08. The highest BCUT2D eigenvalue weighted by Crippen LogP contribution is 2.42. The predicted octanol–water partition coefficient (Wildman–Crippen LogP) is 4.18. The van der Waals surface area contributed by atoms with Gasteiger partial charge in [0.2, 0.25) is 0 Å². The second kappa shape index (κ2) is 6.45. The molecule has 0 atom stereocenters. The van der Waals surface area contributed by atoms with E-state index < -0.39 is 11.9 Å². The molecule has 1 N–H and O–H groups in total. The van der Waals surface area contributed by atoms with Crippen molar-refractivity contribution in [3.05, 3.63) is 51.9 Å². The van der Waals surface area contributed by atoms with E-state index >= 15 is 0 Å². The first-order valence-corrected chi connectivity index (χ1v) is 9.06. The van der Waals surface area contributed by atoms with Crippen LogP contribution in [0.5, 0.6) is 0 Å². The molecule has 0 aromatic carbocycles. The largest absolute Gasteiger partial charge is 0.435 e. The predicted molar refractivity (Wildman–Crippen MR) is 93.1 cm³/mol. The molecule has 0 bridgehead atoms. The Morgan fingerprint density at radius 1 is 1.30 bits per heavy atom. The lowest BCUT2D eigenvalue weighted by molar-refractivity contribution is -0.141. The molecular weight excluding hydrogens is 379 g/mol. The van der Waals surface area contributed by atoms with Crippen LogP contribution in [0.3, 0.4) is 0 Å². The molecule has 1 aliphatic rings. The van der Waals surface area contributed by atoms with Crippen molar-refractivity contribution in [3.63, 3.8) is 0 Å². The number of carbonyl (C=O) groups is 1. The van der Waals surface area contributed by atoms with Gasteiger partial charge in [-0.05, 0) is 38.0 Å². The minimum Gasteiger partial charge on any atom is -0.320 e. The van der Waals surface area contributed by atoms with Crippen LogP contribution in [0, 0.1) is 6.92 Å². The van der Waals surface area contributed by atoms with Crippen LogP contribution in [-0.4, -0.2) is 25.7 Å². The monoisotopic (exact) mass is 393 g/mol. The Morgan fingerprint density at radius 3 is 2.63 bits per heavy atom. The lowest BCUT2D eigenvalue weighted by Crippen LogP contribution is -2.12. The molecule has 140 valence electrons. The van der Waals surface area contributed by atoms with E-state index in [-0.39, 0.29) is 17.6 Å². The number of alkyl halides is 3. The summed E-state index contributed by atoms with van der Waals surface area (Å²) in [6.45, 7) is 1.74. The van der Waals surface area contributed by atoms with Crippen LogP contribution in [0.4, 0.5) is 18.9 Å². The Hall–Kier alpha value is -2.75. The number of rotatable bonds is 4. The van der Waals surface area contributed by atoms with Crippen molar-refractivity contribution < 1.29 is 18.0 Å². The molecule has 1 fully saturated rings. The normalized spacial score (nSPS) is 14.4. The molecule has 27 heavy (non-hydrogen) atoms. The maximum atomic E-state index is 13.0. The summed E-state index contributed by atoms with van der Waals surface area (Å²) in [6.07, 6.45) is -1.43. The average molecular weight is 393 g/mol. The van der Waals surface area contributed by atoms with Gasteiger partial charge in [-0.2, -0.15) is 18.3 Å². The van der Waals surface area contributed by atoms with Crippen molar-refractivity contribution in [2.24, 2.45) is 0 Å². The highest BCUT2D eigenvalue weighted by molar-refractivity contribution is 7.12. The molecule has 3 heterocycles. The van der Waals surface area contributed by atoms with Crippen LogP contribution < -0.4 is 5.32 Å². The van der Waals surface area contributed by atoms with Gasteiger partial charge >= 0.3 is 6.18 Å². The van der Waals surface area contributed by atoms with Crippen LogP contribution in [0.25, 0.3) is 5.82 Å². The molecule has 1 saturated carbocycles. The minimum absolute atomic E-state index is 0.0732. The van der Waals surface area contributed by atoms with E-state index in [1.807, 2.05) is 0 Å². The molecule has 1 aliphatic carbocycles. The first-order chi connectivity index (χ1) is 12.8. The number of anilines is 1. The van der Waals surface area contributed by atoms with Crippen LogP contribution in [0.1, 0.15) is 45.5 Å². The Balaban J connectivity index is 1.58. The molecule has 4 rings (SSSR count). The van der Waals surface area contributed by atoms with E-state index in [0.29, 0.717) is 22.0 Å². The zero-order chi connectivity index (χ0) is 19.2. The topological polar surface area (TPSA) is 72.7 Å². The fourth-order valence-electron chi connectivity index (χ4n) is 2.68. The summed E-state index contributed by atoms with van der Waals surface area (Å²) in [4.78, 5) is 20.9. The van der Waals surface area contributed by atoms with Gasteiger partial charge in [-0.25, -0.2) is 14.6 Å². The van der Waals surface area contributed by atoms with Crippen molar-refractivity contribution in [2.75, 3.05) is 5.32 Å². The van der Waals surface area contributed by atoms with Crippen LogP contribution in [-0.2, 0) is 6.18 Å². The highest BCUT2D eigenvalue weighted by Gasteiger charge is 2.38. The van der Waals surface area contributed by atoms with E-state index in [4.69, 9.17) is 0 Å². The van der Waals surface area contributed by atoms with Gasteiger partial charge in [-0.3, -0.25) is 4.79 Å². The van der Waals surface area contributed by atoms with Crippen molar-refractivity contribution in [3.8, 4) is 5.82 Å². The zero-order valence-electron chi connectivity index (χ0n) is 14.1. The number of hydrogen-bond acceptors (Lipinski definition) is 5. The number of aromatic nitrogens is 4. The minimum atomic E-state index is -4.50. The number of nitrogens with one attached hydrogen (secondary N) is 1. The lowest BCUT2D eigenvalue weighted by atomic mass is 10.2. The Morgan fingerprint density at radius 2 is 2.07 bits per heavy atom. The fourth-order valence-corrected chi connectivity index (χ4v) is 3.38. The number of hydrogen-bond donors (Lipinski definition) is 1. The number of thiazole rings is 1. The van der Waals surface area contributed by atoms with E-state index in [1.54, 1.807) is 18.5 Å². The number of halogens is 3. The second-order valence-electron chi connectivity index (χ2n) is 6.26. The quantitative estimate of drug-likeness (QED) is 0.722. The van der Waals surface area contributed by atoms with Gasteiger partial charge in [-0.1, -0.05) is 0 Å². The van der Waals surface area contributed by atoms with Gasteiger partial charge in [0.1, 0.15) is 4.88 Å². The number of pyridine rings is 1. The van der Waals surface area contributed by atoms with Crippen molar-refractivity contribution in [1.82, 2.24) is 19.7 Å². The van der Waals surface area contributed by atoms with Crippen LogP contribution in [0.15, 0.2) is 29.9 Å². The Labute approximate surface area is 156 Å². The molecule has 10 heteroatoms. The summed E-state index contributed by atoms with van der Waals surface area (Å²) in [5.41, 5.74) is 2.23. The van der Waals surface area contributed by atoms with Crippen molar-refractivity contribution in [1.29, 1.82) is 0 Å². The molecule has 0 saturated heterocycles. The van der Waals surface area contributed by atoms with Gasteiger partial charge in [0, 0.05) is 11.6 Å². The van der Waals surface area contributed by atoms with E-state index in [2.05, 4.69) is 20.4 Å². The van der Waals surface area contributed by atoms with E-state index in [1.165, 1.54) is 28.3 Å². The maximum Gasteiger partial charge on any atom is 0.435 e. The van der Waals surface area contributed by atoms with Crippen LogP contribution >= 0.6 is 11.3 Å². The van der Waals surface area contributed by atoms with Crippen molar-refractivity contribution >= 4 is 22.9 Å². The number of nitrogens with zero attached hydrogens (tertiary/aromatic N) is 4. The smallest absolute Gasteiger partial charge is 0.320 e. The first-order valence-electron chi connectivity index (χ1n) is 8.18. The third-order valence-corrected chi connectivity index (χ3v) is 5.12. The number of aryl methyl sites for hydroxylation is 1. The molecule has 0 aliphatic heterocycles. The molecule has 3 aromatic heterocycles. The SMILES string of the molecule is Cc1ncsc1C(=O)Nc1ccc(-n2nc(C(F)(F)F)cc2C2CC2)nc1. The van der Waals surface area contributed by atoms with Gasteiger partial charge in [0.05, 0.1) is 23.1 Å². The van der Waals surface area contributed by atoms with Gasteiger partial charge in [-0.15, -0.1) is 11.3 Å².